The van der Waals surface area contributed by atoms with E-state index < -0.39 is 0 Å². The summed E-state index contributed by atoms with van der Waals surface area (Å²) < 4.78 is 1.11. The van der Waals surface area contributed by atoms with Crippen molar-refractivity contribution in [1.82, 2.24) is 10.4 Å². The molecule has 3 nitrogen and oxygen atoms in total. The van der Waals surface area contributed by atoms with Crippen molar-refractivity contribution in [3.63, 3.8) is 0 Å². The predicted molar refractivity (Wildman–Crippen MR) is 70.0 cm³/mol. The zero-order valence-electron chi connectivity index (χ0n) is 8.56. The monoisotopic (exact) mass is 297 g/mol. The zero-order valence-corrected chi connectivity index (χ0v) is 11.0. The van der Waals surface area contributed by atoms with Crippen molar-refractivity contribution in [3.8, 4) is 0 Å². The van der Waals surface area contributed by atoms with E-state index in [1.54, 1.807) is 23.7 Å². The highest BCUT2D eigenvalue weighted by atomic mass is 79.9. The SMILES string of the molecule is NNC(Cc1ccncc1)c1sccc1Br. The molecule has 0 amide bonds. The summed E-state index contributed by atoms with van der Waals surface area (Å²) in [4.78, 5) is 5.22. The molecule has 0 aliphatic carbocycles. The van der Waals surface area contributed by atoms with E-state index in [2.05, 4.69) is 31.7 Å². The van der Waals surface area contributed by atoms with E-state index in [0.717, 1.165) is 10.9 Å². The molecule has 84 valence electrons. The minimum absolute atomic E-state index is 0.136. The summed E-state index contributed by atoms with van der Waals surface area (Å²) in [5.41, 5.74) is 4.07. The molecule has 0 aromatic carbocycles. The van der Waals surface area contributed by atoms with Gasteiger partial charge in [0.2, 0.25) is 0 Å². The van der Waals surface area contributed by atoms with E-state index >= 15 is 0 Å². The second-order valence-electron chi connectivity index (χ2n) is 3.41. The molecule has 0 fully saturated rings. The van der Waals surface area contributed by atoms with E-state index in [1.807, 2.05) is 18.2 Å². The number of hydrogen-bond acceptors (Lipinski definition) is 4. The van der Waals surface area contributed by atoms with Gasteiger partial charge in [-0.15, -0.1) is 11.3 Å². The summed E-state index contributed by atoms with van der Waals surface area (Å²) in [6.45, 7) is 0. The molecule has 1 atom stereocenters. The third-order valence-corrected chi connectivity index (χ3v) is 4.34. The Labute approximate surface area is 107 Å². The molecule has 2 heterocycles. The van der Waals surface area contributed by atoms with Gasteiger partial charge in [-0.2, -0.15) is 0 Å². The van der Waals surface area contributed by atoms with Crippen molar-refractivity contribution < 1.29 is 0 Å². The topological polar surface area (TPSA) is 50.9 Å². The van der Waals surface area contributed by atoms with Crippen LogP contribution in [0.15, 0.2) is 40.4 Å². The molecule has 0 saturated heterocycles. The number of thiophene rings is 1. The number of nitrogens with one attached hydrogen (secondary N) is 1. The summed E-state index contributed by atoms with van der Waals surface area (Å²) in [6, 6.07) is 6.19. The van der Waals surface area contributed by atoms with Crippen LogP contribution in [-0.4, -0.2) is 4.98 Å². The molecule has 1 unspecified atom stereocenters. The fourth-order valence-electron chi connectivity index (χ4n) is 1.54. The van der Waals surface area contributed by atoms with E-state index in [-0.39, 0.29) is 6.04 Å². The van der Waals surface area contributed by atoms with Crippen molar-refractivity contribution in [3.05, 3.63) is 50.9 Å². The highest BCUT2D eigenvalue weighted by molar-refractivity contribution is 9.10. The van der Waals surface area contributed by atoms with Crippen molar-refractivity contribution in [2.24, 2.45) is 5.84 Å². The van der Waals surface area contributed by atoms with E-state index in [4.69, 9.17) is 5.84 Å². The second-order valence-corrected chi connectivity index (χ2v) is 5.21. The summed E-state index contributed by atoms with van der Waals surface area (Å²) in [5.74, 6) is 5.60. The molecule has 2 aromatic heterocycles. The molecule has 0 spiro atoms. The summed E-state index contributed by atoms with van der Waals surface area (Å²) in [6.07, 6.45) is 4.46. The third kappa shape index (κ3) is 2.68. The second kappa shape index (κ2) is 5.54. The van der Waals surface area contributed by atoms with E-state index in [9.17, 15) is 0 Å². The average molecular weight is 298 g/mol. The molecular formula is C11H12BrN3S. The van der Waals surface area contributed by atoms with Gasteiger partial charge in [-0.25, -0.2) is 0 Å². The van der Waals surface area contributed by atoms with Crippen LogP contribution in [0.3, 0.4) is 0 Å². The first-order valence-corrected chi connectivity index (χ1v) is 6.56. The lowest BCUT2D eigenvalue weighted by molar-refractivity contribution is 0.559. The maximum Gasteiger partial charge on any atom is 0.0604 e. The van der Waals surface area contributed by atoms with Gasteiger partial charge in [0.25, 0.3) is 0 Å². The average Bonchev–Trinajstić information content (AvgIpc) is 2.74. The first kappa shape index (κ1) is 11.7. The first-order chi connectivity index (χ1) is 7.81. The molecule has 0 aliphatic heterocycles. The van der Waals surface area contributed by atoms with Crippen molar-refractivity contribution >= 4 is 27.3 Å². The van der Waals surface area contributed by atoms with Crippen LogP contribution < -0.4 is 11.3 Å². The molecule has 16 heavy (non-hydrogen) atoms. The van der Waals surface area contributed by atoms with Crippen molar-refractivity contribution in [2.45, 2.75) is 12.5 Å². The Morgan fingerprint density at radius 3 is 2.69 bits per heavy atom. The standard InChI is InChI=1S/C11H12BrN3S/c12-9-3-6-16-11(9)10(15-13)7-8-1-4-14-5-2-8/h1-6,10,15H,7,13H2. The van der Waals surface area contributed by atoms with Crippen molar-refractivity contribution in [1.29, 1.82) is 0 Å². The van der Waals surface area contributed by atoms with Gasteiger partial charge < -0.3 is 0 Å². The lowest BCUT2D eigenvalue weighted by atomic mass is 10.1. The highest BCUT2D eigenvalue weighted by Crippen LogP contribution is 2.30. The summed E-state index contributed by atoms with van der Waals surface area (Å²) in [5, 5.41) is 2.05. The lowest BCUT2D eigenvalue weighted by Gasteiger charge is -2.14. The Bertz CT molecular complexity index is 444. The largest absolute Gasteiger partial charge is 0.271 e. The Morgan fingerprint density at radius 2 is 2.12 bits per heavy atom. The van der Waals surface area contributed by atoms with Crippen molar-refractivity contribution in [2.75, 3.05) is 0 Å². The Balaban J connectivity index is 2.16. The molecule has 0 radical (unpaired) electrons. The summed E-state index contributed by atoms with van der Waals surface area (Å²) >= 11 is 5.22. The highest BCUT2D eigenvalue weighted by Gasteiger charge is 2.14. The number of pyridine rings is 1. The van der Waals surface area contributed by atoms with Gasteiger partial charge in [-0.1, -0.05) is 0 Å². The van der Waals surface area contributed by atoms with Crippen LogP contribution >= 0.6 is 27.3 Å². The van der Waals surface area contributed by atoms with Crippen LogP contribution in [0.1, 0.15) is 16.5 Å². The van der Waals surface area contributed by atoms with Crippen LogP contribution in [0.2, 0.25) is 0 Å². The van der Waals surface area contributed by atoms with Crippen LogP contribution in [0.5, 0.6) is 0 Å². The van der Waals surface area contributed by atoms with Crippen LogP contribution in [0.25, 0.3) is 0 Å². The smallest absolute Gasteiger partial charge is 0.0604 e. The van der Waals surface area contributed by atoms with Crippen LogP contribution in [0, 0.1) is 0 Å². The molecule has 5 heteroatoms. The fourth-order valence-corrected chi connectivity index (χ4v) is 3.25. The number of halogens is 1. The number of rotatable bonds is 4. The molecule has 3 N–H and O–H groups in total. The number of aromatic nitrogens is 1. The number of hydrazine groups is 1. The molecule has 0 bridgehead atoms. The first-order valence-electron chi connectivity index (χ1n) is 4.89. The number of hydrogen-bond donors (Lipinski definition) is 2. The maximum absolute atomic E-state index is 5.60. The lowest BCUT2D eigenvalue weighted by Crippen LogP contribution is -2.29. The van der Waals surface area contributed by atoms with Gasteiger partial charge in [0.05, 0.1) is 6.04 Å². The van der Waals surface area contributed by atoms with E-state index in [1.165, 1.54) is 10.4 Å². The van der Waals surface area contributed by atoms with Gasteiger partial charge in [0.15, 0.2) is 0 Å². The molecule has 2 aromatic rings. The Kier molecular flexibility index (Phi) is 4.06. The quantitative estimate of drug-likeness (QED) is 0.674. The van der Waals surface area contributed by atoms with Gasteiger partial charge >= 0.3 is 0 Å². The number of nitrogens with two attached hydrogens (primary N) is 1. The zero-order chi connectivity index (χ0) is 11.4. The predicted octanol–water partition coefficient (Wildman–Crippen LogP) is 2.65. The van der Waals surface area contributed by atoms with Gasteiger partial charge in [-0.3, -0.25) is 16.3 Å². The van der Waals surface area contributed by atoms with Crippen LogP contribution in [-0.2, 0) is 6.42 Å². The van der Waals surface area contributed by atoms with Gasteiger partial charge in [0.1, 0.15) is 0 Å². The molecular weight excluding hydrogens is 286 g/mol. The molecule has 0 saturated carbocycles. The normalized spacial score (nSPS) is 12.6. The maximum atomic E-state index is 5.60. The van der Waals surface area contributed by atoms with Gasteiger partial charge in [0, 0.05) is 21.7 Å². The molecule has 0 aliphatic rings. The molecule has 2 rings (SSSR count). The minimum atomic E-state index is 0.136. The summed E-state index contributed by atoms with van der Waals surface area (Å²) in [7, 11) is 0. The van der Waals surface area contributed by atoms with Gasteiger partial charge in [-0.05, 0) is 51.5 Å². The fraction of sp³-hybridized carbons (Fsp3) is 0.182. The Hall–Kier alpha value is -0.750. The third-order valence-electron chi connectivity index (χ3n) is 2.35. The Morgan fingerprint density at radius 1 is 1.38 bits per heavy atom. The number of nitrogens with zero attached hydrogens (tertiary/aromatic N) is 1. The van der Waals surface area contributed by atoms with E-state index in [0.29, 0.717) is 0 Å². The minimum Gasteiger partial charge on any atom is -0.271 e. The van der Waals surface area contributed by atoms with Crippen LogP contribution in [0.4, 0.5) is 0 Å².